The molecular weight excluding hydrogens is 514 g/mol. The summed E-state index contributed by atoms with van der Waals surface area (Å²) >= 11 is 0. The topological polar surface area (TPSA) is 86.3 Å². The van der Waals surface area contributed by atoms with E-state index < -0.39 is 0 Å². The first kappa shape index (κ1) is 25.7. The minimum atomic E-state index is 0.0191. The van der Waals surface area contributed by atoms with Gasteiger partial charge in [-0.25, -0.2) is 0 Å². The van der Waals surface area contributed by atoms with Crippen LogP contribution in [0.5, 0.6) is 0 Å². The number of nitrogens with zero attached hydrogens (tertiary/aromatic N) is 5. The minimum absolute atomic E-state index is 0.0191. The van der Waals surface area contributed by atoms with Gasteiger partial charge in [0, 0.05) is 66.9 Å². The summed E-state index contributed by atoms with van der Waals surface area (Å²) in [6.45, 7) is 2.11. The van der Waals surface area contributed by atoms with Crippen molar-refractivity contribution in [2.45, 2.75) is 94.3 Å². The van der Waals surface area contributed by atoms with Gasteiger partial charge in [-0.3, -0.25) is 9.48 Å². The van der Waals surface area contributed by atoms with E-state index in [0.29, 0.717) is 25.0 Å². The molecule has 6 aliphatic rings. The summed E-state index contributed by atoms with van der Waals surface area (Å²) in [7, 11) is 2.05. The average Bonchev–Trinajstić information content (AvgIpc) is 3.97. The predicted octanol–water partition coefficient (Wildman–Crippen LogP) is 6.28. The van der Waals surface area contributed by atoms with Crippen LogP contribution < -0.4 is 4.90 Å². The summed E-state index contributed by atoms with van der Waals surface area (Å²) in [6.07, 6.45) is 13.0. The Morgan fingerprint density at radius 2 is 1.71 bits per heavy atom. The van der Waals surface area contributed by atoms with Crippen LogP contribution in [0, 0.1) is 11.3 Å². The third kappa shape index (κ3) is 4.72. The molecule has 1 aromatic carbocycles. The van der Waals surface area contributed by atoms with Gasteiger partial charge in [-0.05, 0) is 101 Å². The Morgan fingerprint density at radius 1 is 0.976 bits per heavy atom. The molecule has 0 atom stereocenters. The smallest absolute Gasteiger partial charge is 0.232 e. The van der Waals surface area contributed by atoms with Crippen LogP contribution in [0.2, 0.25) is 0 Å². The van der Waals surface area contributed by atoms with E-state index in [0.717, 1.165) is 86.6 Å². The minimum Gasteiger partial charge on any atom is -0.381 e. The molecule has 0 N–H and O–H groups in total. The fourth-order valence-corrected chi connectivity index (χ4v) is 7.79. The summed E-state index contributed by atoms with van der Waals surface area (Å²) < 4.78 is 13.5. The Labute approximate surface area is 241 Å². The summed E-state index contributed by atoms with van der Waals surface area (Å²) in [5, 5.41) is 9.20. The number of rotatable bonds is 8. The van der Waals surface area contributed by atoms with Gasteiger partial charge >= 0.3 is 0 Å². The Kier molecular flexibility index (Phi) is 6.13. The highest BCUT2D eigenvalue weighted by Crippen LogP contribution is 2.58. The lowest BCUT2D eigenvalue weighted by atomic mass is 9.53. The van der Waals surface area contributed by atoms with Crippen molar-refractivity contribution in [1.29, 1.82) is 0 Å². The Bertz CT molecular complexity index is 1420. The van der Waals surface area contributed by atoms with Gasteiger partial charge in [-0.1, -0.05) is 17.3 Å². The van der Waals surface area contributed by atoms with Gasteiger partial charge in [-0.15, -0.1) is 0 Å². The van der Waals surface area contributed by atoms with E-state index in [1.54, 1.807) is 0 Å². The summed E-state index contributed by atoms with van der Waals surface area (Å²) in [5.74, 6) is 3.23. The molecule has 216 valence electrons. The van der Waals surface area contributed by atoms with Gasteiger partial charge in [0.25, 0.3) is 0 Å². The van der Waals surface area contributed by atoms with Crippen LogP contribution in [0.25, 0.3) is 11.3 Å². The van der Waals surface area contributed by atoms with Gasteiger partial charge in [0.05, 0.1) is 5.69 Å². The molecule has 5 aliphatic carbocycles. The molecule has 0 spiro atoms. The molecule has 41 heavy (non-hydrogen) atoms. The number of amides is 1. The maximum absolute atomic E-state index is 14.2. The van der Waals surface area contributed by atoms with Crippen molar-refractivity contribution in [3.8, 4) is 11.3 Å². The fourth-order valence-electron chi connectivity index (χ4n) is 7.79. The molecule has 1 saturated heterocycles. The monoisotopic (exact) mass is 555 g/mol. The van der Waals surface area contributed by atoms with Gasteiger partial charge in [0.1, 0.15) is 0 Å². The largest absolute Gasteiger partial charge is 0.381 e. The van der Waals surface area contributed by atoms with Crippen LogP contribution in [0.3, 0.4) is 0 Å². The van der Waals surface area contributed by atoms with E-state index in [9.17, 15) is 4.79 Å². The molecule has 2 aromatic heterocycles. The van der Waals surface area contributed by atoms with E-state index in [1.807, 2.05) is 11.7 Å². The van der Waals surface area contributed by atoms with Crippen LogP contribution in [-0.4, -0.2) is 45.6 Å². The average molecular weight is 556 g/mol. The summed E-state index contributed by atoms with van der Waals surface area (Å²) in [6, 6.07) is 10.8. The number of aryl methyl sites for hydroxylation is 1. The van der Waals surface area contributed by atoms with E-state index in [4.69, 9.17) is 19.3 Å². The third-order valence-corrected chi connectivity index (χ3v) is 10.9. The van der Waals surface area contributed by atoms with Gasteiger partial charge in [-0.2, -0.15) is 10.1 Å². The molecule has 3 heterocycles. The fraction of sp³-hybridized carbons (Fsp3) is 0.636. The highest BCUT2D eigenvalue weighted by Gasteiger charge is 2.53. The van der Waals surface area contributed by atoms with Crippen LogP contribution in [0.4, 0.5) is 5.69 Å². The second-order valence-corrected chi connectivity index (χ2v) is 13.7. The Hall–Kier alpha value is -3.00. The lowest BCUT2D eigenvalue weighted by Gasteiger charge is -2.53. The standard InChI is InChI=1S/C33H41N5O3/c1-37-28(22-5-6-22)20-27(35-37)25-3-2-4-26(19-25)38(30(39)24-9-17-40-18-10-24)21-32-11-14-33(15-12-32,16-13-32)31-34-29(36-41-31)23-7-8-23/h2-4,19-20,22-24H,5-18,21H2,1H3. The van der Waals surface area contributed by atoms with Crippen molar-refractivity contribution < 1.29 is 14.1 Å². The zero-order valence-corrected chi connectivity index (χ0v) is 24.2. The van der Waals surface area contributed by atoms with Crippen LogP contribution in [-0.2, 0) is 22.0 Å². The highest BCUT2D eigenvalue weighted by molar-refractivity contribution is 5.95. The number of benzene rings is 1. The quantitative estimate of drug-likeness (QED) is 0.325. The highest BCUT2D eigenvalue weighted by atomic mass is 16.5. The predicted molar refractivity (Wildman–Crippen MR) is 155 cm³/mol. The number of hydrogen-bond donors (Lipinski definition) is 0. The van der Waals surface area contributed by atoms with Gasteiger partial charge in [0.15, 0.2) is 5.82 Å². The molecule has 1 aliphatic heterocycles. The first-order valence-electron chi connectivity index (χ1n) is 15.9. The number of anilines is 1. The first-order valence-corrected chi connectivity index (χ1v) is 15.9. The van der Waals surface area contributed by atoms with Gasteiger partial charge in [0.2, 0.25) is 11.8 Å². The SMILES string of the molecule is Cn1nc(-c2cccc(N(CC34CCC(c5nc(C6CC6)no5)(CC3)CC4)C(=O)C3CCOCC3)c2)cc1C1CC1. The number of ether oxygens (including phenoxy) is 1. The molecule has 6 fully saturated rings. The lowest BCUT2D eigenvalue weighted by Crippen LogP contribution is -2.52. The van der Waals surface area contributed by atoms with E-state index in [-0.39, 0.29) is 22.7 Å². The molecule has 3 aromatic rings. The maximum atomic E-state index is 14.2. The first-order chi connectivity index (χ1) is 20.0. The number of carbonyl (C=O) groups excluding carboxylic acids is 1. The Balaban J connectivity index is 1.06. The van der Waals surface area contributed by atoms with Gasteiger partial charge < -0.3 is 14.2 Å². The van der Waals surface area contributed by atoms with Crippen molar-refractivity contribution in [1.82, 2.24) is 19.9 Å². The molecule has 5 saturated carbocycles. The van der Waals surface area contributed by atoms with Crippen LogP contribution in [0.15, 0.2) is 34.9 Å². The van der Waals surface area contributed by atoms with E-state index >= 15 is 0 Å². The van der Waals surface area contributed by atoms with Crippen LogP contribution >= 0.6 is 0 Å². The van der Waals surface area contributed by atoms with Crippen molar-refractivity contribution >= 4 is 11.6 Å². The summed E-state index contributed by atoms with van der Waals surface area (Å²) in [5.41, 5.74) is 4.55. The molecule has 8 nitrogen and oxygen atoms in total. The number of fused-ring (bicyclic) bond motifs is 3. The number of hydrogen-bond acceptors (Lipinski definition) is 6. The zero-order valence-electron chi connectivity index (χ0n) is 24.2. The summed E-state index contributed by atoms with van der Waals surface area (Å²) in [4.78, 5) is 21.2. The normalized spacial score (nSPS) is 28.2. The number of aromatic nitrogens is 4. The van der Waals surface area contributed by atoms with E-state index in [1.165, 1.54) is 31.4 Å². The molecule has 8 heteroatoms. The van der Waals surface area contributed by atoms with Crippen molar-refractivity contribution in [3.05, 3.63) is 47.7 Å². The molecule has 0 unspecified atom stereocenters. The van der Waals surface area contributed by atoms with Crippen molar-refractivity contribution in [2.24, 2.45) is 18.4 Å². The lowest BCUT2D eigenvalue weighted by molar-refractivity contribution is -0.126. The number of carbonyl (C=O) groups is 1. The molecule has 1 amide bonds. The van der Waals surface area contributed by atoms with E-state index in [2.05, 4.69) is 40.4 Å². The molecule has 9 rings (SSSR count). The second-order valence-electron chi connectivity index (χ2n) is 13.7. The molecular formula is C33H41N5O3. The Morgan fingerprint density at radius 3 is 2.41 bits per heavy atom. The van der Waals surface area contributed by atoms with Crippen molar-refractivity contribution in [2.75, 3.05) is 24.7 Å². The molecule has 2 bridgehead atoms. The zero-order chi connectivity index (χ0) is 27.6. The third-order valence-electron chi connectivity index (χ3n) is 10.9. The molecule has 0 radical (unpaired) electrons. The van der Waals surface area contributed by atoms with Crippen LogP contribution in [0.1, 0.15) is 106 Å². The van der Waals surface area contributed by atoms with Crippen molar-refractivity contribution in [3.63, 3.8) is 0 Å². The second kappa shape index (κ2) is 9.79. The maximum Gasteiger partial charge on any atom is 0.232 e.